The predicted molar refractivity (Wildman–Crippen MR) is 62.6 cm³/mol. The van der Waals surface area contributed by atoms with Crippen LogP contribution in [0.4, 0.5) is 0 Å². The van der Waals surface area contributed by atoms with Gasteiger partial charge in [-0.25, -0.2) is 9.80 Å². The van der Waals surface area contributed by atoms with Gasteiger partial charge in [0, 0.05) is 20.3 Å². The number of amides is 1. The van der Waals surface area contributed by atoms with E-state index in [-0.39, 0.29) is 5.69 Å². The van der Waals surface area contributed by atoms with Gasteiger partial charge in [0.2, 0.25) is 0 Å². The minimum absolute atomic E-state index is 0.117. The number of aromatic nitrogens is 1. The number of hydrogen-bond donors (Lipinski definition) is 2. The zero-order valence-electron chi connectivity index (χ0n) is 10.1. The number of carboxylic acids is 1. The van der Waals surface area contributed by atoms with E-state index in [4.69, 9.17) is 10.2 Å². The minimum Gasteiger partial charge on any atom is -0.480 e. The molecule has 1 aromatic heterocycles. The molecule has 18 heavy (non-hydrogen) atoms. The smallest absolute Gasteiger partial charge is 0.330 e. The van der Waals surface area contributed by atoms with Crippen LogP contribution >= 0.6 is 0 Å². The molecule has 0 saturated carbocycles. The highest BCUT2D eigenvalue weighted by atomic mass is 16.4. The maximum absolute atomic E-state index is 12.1. The summed E-state index contributed by atoms with van der Waals surface area (Å²) in [6, 6.07) is 3.42. The van der Waals surface area contributed by atoms with E-state index in [0.29, 0.717) is 0 Å². The number of rotatable bonds is 5. The highest BCUT2D eigenvalue weighted by Gasteiger charge is 2.32. The third-order valence-electron chi connectivity index (χ3n) is 2.28. The number of aliphatic carboxylic acids is 1. The standard InChI is InChI=1S/C11H15N3O4/c1-13(2)14(9(7-15)11(17)18)10(16)8-5-3-4-6-12-8/h3-6,9,15H,7H2,1-2H3,(H,17,18). The summed E-state index contributed by atoms with van der Waals surface area (Å²) in [5.74, 6) is -1.86. The van der Waals surface area contributed by atoms with Gasteiger partial charge in [0.15, 0.2) is 6.04 Å². The lowest BCUT2D eigenvalue weighted by Crippen LogP contribution is -2.53. The Balaban J connectivity index is 3.06. The second kappa shape index (κ2) is 6.08. The number of aliphatic hydroxyl groups is 1. The van der Waals surface area contributed by atoms with Crippen molar-refractivity contribution in [2.24, 2.45) is 0 Å². The molecule has 0 aromatic carbocycles. The summed E-state index contributed by atoms with van der Waals surface area (Å²) in [6.07, 6.45) is 1.44. The number of hydrazine groups is 1. The van der Waals surface area contributed by atoms with Gasteiger partial charge in [-0.05, 0) is 12.1 Å². The molecule has 1 rings (SSSR count). The number of carboxylic acid groups (broad SMARTS) is 1. The average molecular weight is 253 g/mol. The lowest BCUT2D eigenvalue weighted by Gasteiger charge is -2.32. The van der Waals surface area contributed by atoms with Crippen LogP contribution in [-0.2, 0) is 4.79 Å². The molecule has 0 bridgehead atoms. The summed E-state index contributed by atoms with van der Waals surface area (Å²) in [6.45, 7) is -0.675. The monoisotopic (exact) mass is 253 g/mol. The van der Waals surface area contributed by atoms with Crippen LogP contribution in [0.5, 0.6) is 0 Å². The highest BCUT2D eigenvalue weighted by Crippen LogP contribution is 2.08. The maximum Gasteiger partial charge on any atom is 0.330 e. The van der Waals surface area contributed by atoms with E-state index in [1.54, 1.807) is 12.1 Å². The molecule has 1 atom stereocenters. The molecular weight excluding hydrogens is 238 g/mol. The normalized spacial score (nSPS) is 12.2. The van der Waals surface area contributed by atoms with Crippen LogP contribution in [-0.4, -0.2) is 63.8 Å². The molecule has 7 nitrogen and oxygen atoms in total. The Kier molecular flexibility index (Phi) is 4.75. The molecular formula is C11H15N3O4. The summed E-state index contributed by atoms with van der Waals surface area (Å²) in [7, 11) is 3.04. The van der Waals surface area contributed by atoms with Crippen molar-refractivity contribution < 1.29 is 19.8 Å². The number of aliphatic hydroxyl groups excluding tert-OH is 1. The fourth-order valence-corrected chi connectivity index (χ4v) is 1.47. The largest absolute Gasteiger partial charge is 0.480 e. The van der Waals surface area contributed by atoms with Gasteiger partial charge in [-0.2, -0.15) is 0 Å². The van der Waals surface area contributed by atoms with Crippen molar-refractivity contribution in [3.8, 4) is 0 Å². The summed E-state index contributed by atoms with van der Waals surface area (Å²) >= 11 is 0. The Morgan fingerprint density at radius 2 is 2.06 bits per heavy atom. The Morgan fingerprint density at radius 1 is 1.39 bits per heavy atom. The third kappa shape index (κ3) is 3.02. The van der Waals surface area contributed by atoms with Gasteiger partial charge in [0.05, 0.1) is 6.61 Å². The molecule has 0 spiro atoms. The Labute approximate surface area is 104 Å². The van der Waals surface area contributed by atoms with E-state index >= 15 is 0 Å². The first-order chi connectivity index (χ1) is 8.49. The van der Waals surface area contributed by atoms with E-state index < -0.39 is 24.5 Å². The summed E-state index contributed by atoms with van der Waals surface area (Å²) in [5.41, 5.74) is 0.117. The second-order valence-corrected chi connectivity index (χ2v) is 3.75. The van der Waals surface area contributed by atoms with E-state index in [0.717, 1.165) is 5.01 Å². The van der Waals surface area contributed by atoms with Crippen LogP contribution in [0.3, 0.4) is 0 Å². The summed E-state index contributed by atoms with van der Waals surface area (Å²) < 4.78 is 0. The quantitative estimate of drug-likeness (QED) is 0.683. The molecule has 0 saturated heterocycles. The summed E-state index contributed by atoms with van der Waals surface area (Å²) in [4.78, 5) is 27.0. The zero-order chi connectivity index (χ0) is 13.7. The number of carbonyl (C=O) groups excluding carboxylic acids is 1. The lowest BCUT2D eigenvalue weighted by atomic mass is 10.2. The molecule has 0 aliphatic heterocycles. The zero-order valence-corrected chi connectivity index (χ0v) is 10.1. The molecule has 1 unspecified atom stereocenters. The Hall–Kier alpha value is -1.99. The molecule has 1 aromatic rings. The van der Waals surface area contributed by atoms with Gasteiger partial charge in [-0.3, -0.25) is 14.8 Å². The first kappa shape index (κ1) is 14.1. The van der Waals surface area contributed by atoms with Crippen molar-refractivity contribution in [1.82, 2.24) is 15.0 Å². The predicted octanol–water partition coefficient (Wildman–Crippen LogP) is -0.554. The number of pyridine rings is 1. The Bertz CT molecular complexity index is 422. The maximum atomic E-state index is 12.1. The Morgan fingerprint density at radius 3 is 2.44 bits per heavy atom. The molecule has 0 aliphatic rings. The second-order valence-electron chi connectivity index (χ2n) is 3.75. The molecule has 1 heterocycles. The van der Waals surface area contributed by atoms with Crippen LogP contribution in [0.25, 0.3) is 0 Å². The molecule has 0 radical (unpaired) electrons. The molecule has 98 valence electrons. The minimum atomic E-state index is -1.34. The van der Waals surface area contributed by atoms with Gasteiger partial charge in [0.1, 0.15) is 5.69 Å². The van der Waals surface area contributed by atoms with E-state index in [2.05, 4.69) is 4.98 Å². The van der Waals surface area contributed by atoms with E-state index in [9.17, 15) is 9.59 Å². The SMILES string of the molecule is CN(C)N(C(=O)c1ccccn1)C(CO)C(=O)O. The van der Waals surface area contributed by atoms with Crippen LogP contribution in [0.1, 0.15) is 10.5 Å². The van der Waals surface area contributed by atoms with Gasteiger partial charge in [-0.15, -0.1) is 0 Å². The van der Waals surface area contributed by atoms with Crippen LogP contribution in [0.2, 0.25) is 0 Å². The van der Waals surface area contributed by atoms with Crippen LogP contribution in [0.15, 0.2) is 24.4 Å². The molecule has 0 aliphatic carbocycles. The topological polar surface area (TPSA) is 94.0 Å². The molecule has 1 amide bonds. The number of hydrogen-bond acceptors (Lipinski definition) is 5. The van der Waals surface area contributed by atoms with Gasteiger partial charge >= 0.3 is 5.97 Å². The molecule has 0 fully saturated rings. The first-order valence-corrected chi connectivity index (χ1v) is 5.24. The number of nitrogens with zero attached hydrogens (tertiary/aromatic N) is 3. The fraction of sp³-hybridized carbons (Fsp3) is 0.364. The van der Waals surface area contributed by atoms with Gasteiger partial charge in [-0.1, -0.05) is 6.07 Å². The number of carbonyl (C=O) groups is 2. The van der Waals surface area contributed by atoms with Gasteiger partial charge in [0.25, 0.3) is 5.91 Å². The molecule has 7 heteroatoms. The molecule has 2 N–H and O–H groups in total. The first-order valence-electron chi connectivity index (χ1n) is 5.24. The third-order valence-corrected chi connectivity index (χ3v) is 2.28. The van der Waals surface area contributed by atoms with Crippen LogP contribution < -0.4 is 0 Å². The van der Waals surface area contributed by atoms with Crippen molar-refractivity contribution in [2.75, 3.05) is 20.7 Å². The lowest BCUT2D eigenvalue weighted by molar-refractivity contribution is -0.149. The fourth-order valence-electron chi connectivity index (χ4n) is 1.47. The van der Waals surface area contributed by atoms with Crippen molar-refractivity contribution >= 4 is 11.9 Å². The van der Waals surface area contributed by atoms with Crippen molar-refractivity contribution in [1.29, 1.82) is 0 Å². The van der Waals surface area contributed by atoms with E-state index in [1.165, 1.54) is 31.4 Å². The summed E-state index contributed by atoms with van der Waals surface area (Å²) in [5, 5.41) is 20.3. The van der Waals surface area contributed by atoms with Gasteiger partial charge < -0.3 is 10.2 Å². The van der Waals surface area contributed by atoms with E-state index in [1.807, 2.05) is 0 Å². The van der Waals surface area contributed by atoms with Crippen LogP contribution in [0, 0.1) is 0 Å². The van der Waals surface area contributed by atoms with Crippen molar-refractivity contribution in [3.05, 3.63) is 30.1 Å². The van der Waals surface area contributed by atoms with Crippen molar-refractivity contribution in [3.63, 3.8) is 0 Å². The van der Waals surface area contributed by atoms with Crippen molar-refractivity contribution in [2.45, 2.75) is 6.04 Å². The highest BCUT2D eigenvalue weighted by molar-refractivity contribution is 5.94. The average Bonchev–Trinajstić information content (AvgIpc) is 2.35.